The molecule has 3 rings (SSSR count). The first-order chi connectivity index (χ1) is 10.6. The molecular formula is C17H23NO4. The highest BCUT2D eigenvalue weighted by Gasteiger charge is 2.46. The van der Waals surface area contributed by atoms with Gasteiger partial charge >= 0.3 is 0 Å². The Morgan fingerprint density at radius 1 is 1.55 bits per heavy atom. The minimum Gasteiger partial charge on any atom is -0.508 e. The minimum absolute atomic E-state index is 0.0308. The number of methoxy groups -OCH3 is 1. The molecule has 1 spiro atoms. The number of carbonyl (C=O) groups is 1. The van der Waals surface area contributed by atoms with Crippen molar-refractivity contribution in [2.75, 3.05) is 33.4 Å². The molecule has 22 heavy (non-hydrogen) atoms. The van der Waals surface area contributed by atoms with Gasteiger partial charge in [0.2, 0.25) is 0 Å². The molecule has 120 valence electrons. The number of amides is 1. The molecule has 0 bridgehead atoms. The maximum atomic E-state index is 12.5. The van der Waals surface area contributed by atoms with Crippen molar-refractivity contribution >= 4 is 5.91 Å². The molecule has 2 heterocycles. The van der Waals surface area contributed by atoms with Gasteiger partial charge in [-0.25, -0.2) is 0 Å². The number of phenolic OH excluding ortho intramolecular Hbond substituents is 1. The van der Waals surface area contributed by atoms with Crippen LogP contribution in [0, 0.1) is 5.92 Å². The van der Waals surface area contributed by atoms with Crippen molar-refractivity contribution in [1.29, 1.82) is 0 Å². The van der Waals surface area contributed by atoms with Crippen molar-refractivity contribution < 1.29 is 19.4 Å². The highest BCUT2D eigenvalue weighted by Crippen LogP contribution is 2.39. The highest BCUT2D eigenvalue weighted by atomic mass is 16.5. The SMILES string of the molecule is COCC[C@H]1CO[C@@]2(CCN(C(=O)c3cccc(O)c3)C2)C1. The third-order valence-corrected chi connectivity index (χ3v) is 4.71. The van der Waals surface area contributed by atoms with Crippen molar-refractivity contribution in [3.8, 4) is 5.75 Å². The molecule has 0 saturated carbocycles. The molecule has 0 radical (unpaired) electrons. The van der Waals surface area contributed by atoms with Crippen LogP contribution < -0.4 is 0 Å². The lowest BCUT2D eigenvalue weighted by Crippen LogP contribution is -2.35. The van der Waals surface area contributed by atoms with Gasteiger partial charge in [-0.15, -0.1) is 0 Å². The monoisotopic (exact) mass is 305 g/mol. The Morgan fingerprint density at radius 2 is 2.41 bits per heavy atom. The summed E-state index contributed by atoms with van der Waals surface area (Å²) in [6.07, 6.45) is 2.90. The van der Waals surface area contributed by atoms with E-state index in [-0.39, 0.29) is 17.3 Å². The number of phenols is 1. The lowest BCUT2D eigenvalue weighted by molar-refractivity contribution is 0.0113. The summed E-state index contributed by atoms with van der Waals surface area (Å²) in [6.45, 7) is 2.88. The van der Waals surface area contributed by atoms with Gasteiger partial charge in [0.05, 0.1) is 18.8 Å². The van der Waals surface area contributed by atoms with Crippen LogP contribution in [0.3, 0.4) is 0 Å². The number of likely N-dealkylation sites (tertiary alicyclic amines) is 1. The van der Waals surface area contributed by atoms with E-state index >= 15 is 0 Å². The van der Waals surface area contributed by atoms with Crippen LogP contribution in [-0.4, -0.2) is 54.9 Å². The molecule has 2 aliphatic heterocycles. The second-order valence-electron chi connectivity index (χ2n) is 6.37. The highest BCUT2D eigenvalue weighted by molar-refractivity contribution is 5.94. The maximum Gasteiger partial charge on any atom is 0.254 e. The van der Waals surface area contributed by atoms with E-state index in [0.717, 1.165) is 32.5 Å². The van der Waals surface area contributed by atoms with Gasteiger partial charge in [0.15, 0.2) is 0 Å². The summed E-state index contributed by atoms with van der Waals surface area (Å²) in [7, 11) is 1.72. The van der Waals surface area contributed by atoms with E-state index in [9.17, 15) is 9.90 Å². The third kappa shape index (κ3) is 3.10. The first-order valence-electron chi connectivity index (χ1n) is 7.83. The summed E-state index contributed by atoms with van der Waals surface area (Å²) in [5.74, 6) is 0.615. The van der Waals surface area contributed by atoms with E-state index in [0.29, 0.717) is 24.6 Å². The van der Waals surface area contributed by atoms with Crippen LogP contribution >= 0.6 is 0 Å². The number of ether oxygens (including phenoxy) is 2. The molecule has 1 N–H and O–H groups in total. The lowest BCUT2D eigenvalue weighted by Gasteiger charge is -2.23. The number of rotatable bonds is 4. The maximum absolute atomic E-state index is 12.5. The number of nitrogens with zero attached hydrogens (tertiary/aromatic N) is 1. The van der Waals surface area contributed by atoms with Crippen LogP contribution in [-0.2, 0) is 9.47 Å². The Morgan fingerprint density at radius 3 is 3.18 bits per heavy atom. The zero-order valence-corrected chi connectivity index (χ0v) is 13.0. The topological polar surface area (TPSA) is 59.0 Å². The molecule has 0 aromatic heterocycles. The predicted octanol–water partition coefficient (Wildman–Crippen LogP) is 2.05. The summed E-state index contributed by atoms with van der Waals surface area (Å²) in [5, 5.41) is 9.52. The molecule has 0 aliphatic carbocycles. The Hall–Kier alpha value is -1.59. The van der Waals surface area contributed by atoms with Crippen LogP contribution in [0.5, 0.6) is 5.75 Å². The fourth-order valence-electron chi connectivity index (χ4n) is 3.53. The van der Waals surface area contributed by atoms with Crippen molar-refractivity contribution in [1.82, 2.24) is 4.90 Å². The second kappa shape index (κ2) is 6.26. The molecule has 2 saturated heterocycles. The first-order valence-corrected chi connectivity index (χ1v) is 7.83. The standard InChI is InChI=1S/C17H23NO4/c1-21-8-5-13-10-17(22-11-13)6-7-18(12-17)16(20)14-3-2-4-15(19)9-14/h2-4,9,13,19H,5-8,10-12H2,1H3/t13-,17+/m1/s1. The Bertz CT molecular complexity index is 547. The van der Waals surface area contributed by atoms with E-state index in [4.69, 9.17) is 9.47 Å². The van der Waals surface area contributed by atoms with Crippen LogP contribution in [0.1, 0.15) is 29.6 Å². The van der Waals surface area contributed by atoms with Gasteiger partial charge in [-0.3, -0.25) is 4.79 Å². The predicted molar refractivity (Wildman–Crippen MR) is 81.9 cm³/mol. The van der Waals surface area contributed by atoms with Crippen LogP contribution in [0.2, 0.25) is 0 Å². The summed E-state index contributed by atoms with van der Waals surface area (Å²) >= 11 is 0. The molecule has 1 aromatic carbocycles. The number of aromatic hydroxyl groups is 1. The quantitative estimate of drug-likeness (QED) is 0.925. The second-order valence-corrected chi connectivity index (χ2v) is 6.37. The van der Waals surface area contributed by atoms with Gasteiger partial charge in [-0.1, -0.05) is 6.07 Å². The Balaban J connectivity index is 1.62. The van der Waals surface area contributed by atoms with E-state index in [1.54, 1.807) is 25.3 Å². The van der Waals surface area contributed by atoms with Crippen molar-refractivity contribution in [3.05, 3.63) is 29.8 Å². The zero-order valence-electron chi connectivity index (χ0n) is 13.0. The van der Waals surface area contributed by atoms with E-state index in [1.165, 1.54) is 6.07 Å². The fraction of sp³-hybridized carbons (Fsp3) is 0.588. The molecule has 2 atom stereocenters. The van der Waals surface area contributed by atoms with Gasteiger partial charge < -0.3 is 19.5 Å². The minimum atomic E-state index is -0.176. The van der Waals surface area contributed by atoms with Crippen LogP contribution in [0.15, 0.2) is 24.3 Å². The molecule has 2 aliphatic rings. The number of hydrogen-bond acceptors (Lipinski definition) is 4. The molecule has 5 heteroatoms. The summed E-state index contributed by atoms with van der Waals surface area (Å²) < 4.78 is 11.2. The average Bonchev–Trinajstić information content (AvgIpc) is 3.12. The Kier molecular flexibility index (Phi) is 4.36. The van der Waals surface area contributed by atoms with Gasteiger partial charge in [-0.2, -0.15) is 0 Å². The van der Waals surface area contributed by atoms with E-state index in [2.05, 4.69) is 0 Å². The molecule has 5 nitrogen and oxygen atoms in total. The van der Waals surface area contributed by atoms with Crippen molar-refractivity contribution in [3.63, 3.8) is 0 Å². The largest absolute Gasteiger partial charge is 0.508 e. The Labute approximate surface area is 130 Å². The fourth-order valence-corrected chi connectivity index (χ4v) is 3.53. The van der Waals surface area contributed by atoms with Gasteiger partial charge in [-0.05, 0) is 43.4 Å². The zero-order chi connectivity index (χ0) is 15.6. The molecule has 1 aromatic rings. The van der Waals surface area contributed by atoms with Gasteiger partial charge in [0.1, 0.15) is 5.75 Å². The van der Waals surface area contributed by atoms with Crippen molar-refractivity contribution in [2.45, 2.75) is 24.9 Å². The van der Waals surface area contributed by atoms with Crippen LogP contribution in [0.25, 0.3) is 0 Å². The normalized spacial score (nSPS) is 27.7. The lowest BCUT2D eigenvalue weighted by atomic mass is 9.92. The first kappa shape index (κ1) is 15.3. The molecule has 1 amide bonds. The van der Waals surface area contributed by atoms with E-state index in [1.807, 2.05) is 4.90 Å². The molecule has 2 fully saturated rings. The third-order valence-electron chi connectivity index (χ3n) is 4.71. The number of carbonyl (C=O) groups excluding carboxylic acids is 1. The number of hydrogen-bond donors (Lipinski definition) is 1. The summed E-state index contributed by atoms with van der Waals surface area (Å²) in [5.41, 5.74) is 0.358. The summed E-state index contributed by atoms with van der Waals surface area (Å²) in [4.78, 5) is 14.4. The van der Waals surface area contributed by atoms with Crippen LogP contribution in [0.4, 0.5) is 0 Å². The average molecular weight is 305 g/mol. The van der Waals surface area contributed by atoms with Gasteiger partial charge in [0.25, 0.3) is 5.91 Å². The van der Waals surface area contributed by atoms with Gasteiger partial charge in [0, 0.05) is 25.8 Å². The molecular weight excluding hydrogens is 282 g/mol. The van der Waals surface area contributed by atoms with E-state index < -0.39 is 0 Å². The van der Waals surface area contributed by atoms with Crippen molar-refractivity contribution in [2.24, 2.45) is 5.92 Å². The molecule has 0 unspecified atom stereocenters. The summed E-state index contributed by atoms with van der Waals surface area (Å²) in [6, 6.07) is 6.53. The number of benzene rings is 1. The smallest absolute Gasteiger partial charge is 0.254 e.